The Kier molecular flexibility index (Phi) is 6.08. The summed E-state index contributed by atoms with van der Waals surface area (Å²) in [7, 11) is -3.07. The zero-order valence-corrected chi connectivity index (χ0v) is 12.1. The molecule has 1 fully saturated rings. The first-order valence-electron chi connectivity index (χ1n) is 6.59. The van der Waals surface area contributed by atoms with E-state index < -0.39 is 9.84 Å². The first-order chi connectivity index (χ1) is 8.41. The van der Waals surface area contributed by atoms with Gasteiger partial charge in [0.15, 0.2) is 9.84 Å². The maximum Gasteiger partial charge on any atom is 0.223 e. The highest BCUT2D eigenvalue weighted by Crippen LogP contribution is 2.06. The van der Waals surface area contributed by atoms with E-state index >= 15 is 0 Å². The Balaban J connectivity index is 2.32. The molecule has 1 aliphatic rings. The third-order valence-electron chi connectivity index (χ3n) is 3.10. The molecule has 0 aromatic heterocycles. The number of carbonyl (C=O) groups excluding carboxylic acids is 1. The van der Waals surface area contributed by atoms with Crippen LogP contribution < -0.4 is 5.32 Å². The fraction of sp³-hybridized carbons (Fsp3) is 0.917. The molecule has 0 aromatic carbocycles. The lowest BCUT2D eigenvalue weighted by Gasteiger charge is -2.27. The number of nitrogens with one attached hydrogen (secondary N) is 1. The van der Waals surface area contributed by atoms with Crippen molar-refractivity contribution in [2.24, 2.45) is 5.92 Å². The fourth-order valence-electron chi connectivity index (χ4n) is 1.83. The van der Waals surface area contributed by atoms with E-state index in [2.05, 4.69) is 5.32 Å². The molecule has 0 radical (unpaired) electrons. The molecular weight excluding hydrogens is 252 g/mol. The highest BCUT2D eigenvalue weighted by molar-refractivity contribution is 7.91. The van der Waals surface area contributed by atoms with Gasteiger partial charge in [-0.1, -0.05) is 13.8 Å². The van der Waals surface area contributed by atoms with Crippen LogP contribution in [0.25, 0.3) is 0 Å². The predicted molar refractivity (Wildman–Crippen MR) is 72.2 cm³/mol. The molecule has 5 nitrogen and oxygen atoms in total. The van der Waals surface area contributed by atoms with Gasteiger partial charge < -0.3 is 10.2 Å². The summed E-state index contributed by atoms with van der Waals surface area (Å²) in [6.07, 6.45) is 0.796. The number of sulfone groups is 1. The summed E-state index contributed by atoms with van der Waals surface area (Å²) >= 11 is 0. The summed E-state index contributed by atoms with van der Waals surface area (Å²) in [5.41, 5.74) is 0. The van der Waals surface area contributed by atoms with Crippen molar-refractivity contribution in [1.29, 1.82) is 0 Å². The summed E-state index contributed by atoms with van der Waals surface area (Å²) < 4.78 is 23.5. The van der Waals surface area contributed by atoms with E-state index in [1.807, 2.05) is 13.8 Å². The summed E-state index contributed by atoms with van der Waals surface area (Å²) in [4.78, 5) is 13.6. The number of hydrogen-bond donors (Lipinski definition) is 1. The second kappa shape index (κ2) is 7.09. The van der Waals surface area contributed by atoms with Gasteiger partial charge in [0.1, 0.15) is 0 Å². The van der Waals surface area contributed by atoms with Crippen molar-refractivity contribution in [2.45, 2.75) is 26.7 Å². The van der Waals surface area contributed by atoms with E-state index in [4.69, 9.17) is 0 Å². The molecular formula is C12H24N2O3S. The van der Waals surface area contributed by atoms with Gasteiger partial charge in [0, 0.05) is 32.6 Å². The van der Waals surface area contributed by atoms with Crippen molar-refractivity contribution >= 4 is 15.7 Å². The lowest BCUT2D eigenvalue weighted by atomic mass is 10.2. The van der Waals surface area contributed by atoms with E-state index in [1.165, 1.54) is 0 Å². The van der Waals surface area contributed by atoms with Crippen LogP contribution in [0.4, 0.5) is 0 Å². The lowest BCUT2D eigenvalue weighted by Crippen LogP contribution is -2.46. The highest BCUT2D eigenvalue weighted by Gasteiger charge is 2.19. The maximum atomic E-state index is 11.8. The van der Waals surface area contributed by atoms with Crippen molar-refractivity contribution in [1.82, 2.24) is 10.2 Å². The van der Waals surface area contributed by atoms with Gasteiger partial charge in [-0.3, -0.25) is 4.79 Å². The molecule has 0 aromatic rings. The minimum atomic E-state index is -3.07. The number of piperazine rings is 1. The number of carbonyl (C=O) groups is 1. The Hall–Kier alpha value is -0.620. The van der Waals surface area contributed by atoms with E-state index in [0.717, 1.165) is 13.1 Å². The van der Waals surface area contributed by atoms with Gasteiger partial charge in [0.05, 0.1) is 11.5 Å². The van der Waals surface area contributed by atoms with Crippen LogP contribution in [-0.4, -0.2) is 56.9 Å². The molecule has 1 heterocycles. The molecule has 1 aliphatic heterocycles. The third-order valence-corrected chi connectivity index (χ3v) is 4.79. The Morgan fingerprint density at radius 2 is 1.83 bits per heavy atom. The first kappa shape index (κ1) is 15.4. The molecule has 6 heteroatoms. The molecule has 18 heavy (non-hydrogen) atoms. The van der Waals surface area contributed by atoms with Gasteiger partial charge in [-0.05, 0) is 12.3 Å². The summed E-state index contributed by atoms with van der Waals surface area (Å²) in [6.45, 7) is 6.97. The topological polar surface area (TPSA) is 66.5 Å². The summed E-state index contributed by atoms with van der Waals surface area (Å²) in [6, 6.07) is 0. The van der Waals surface area contributed by atoms with Gasteiger partial charge in [-0.2, -0.15) is 0 Å². The molecule has 0 saturated carbocycles. The smallest absolute Gasteiger partial charge is 0.223 e. The average molecular weight is 276 g/mol. The molecule has 0 spiro atoms. The van der Waals surface area contributed by atoms with Crippen molar-refractivity contribution in [3.63, 3.8) is 0 Å². The van der Waals surface area contributed by atoms with Crippen LogP contribution in [-0.2, 0) is 14.6 Å². The lowest BCUT2D eigenvalue weighted by molar-refractivity contribution is -0.131. The maximum absolute atomic E-state index is 11.8. The van der Waals surface area contributed by atoms with Crippen LogP contribution in [0.5, 0.6) is 0 Å². The minimum Gasteiger partial charge on any atom is -0.340 e. The molecule has 0 unspecified atom stereocenters. The molecule has 1 N–H and O–H groups in total. The quantitative estimate of drug-likeness (QED) is 0.756. The van der Waals surface area contributed by atoms with Gasteiger partial charge in [-0.25, -0.2) is 8.42 Å². The molecule has 1 amide bonds. The average Bonchev–Trinajstić information content (AvgIpc) is 2.35. The minimum absolute atomic E-state index is 0.0114. The van der Waals surface area contributed by atoms with Gasteiger partial charge >= 0.3 is 0 Å². The molecule has 106 valence electrons. The van der Waals surface area contributed by atoms with Crippen LogP contribution in [0.15, 0.2) is 0 Å². The predicted octanol–water partition coefficient (Wildman–Crippen LogP) is 0.269. The van der Waals surface area contributed by atoms with Crippen molar-refractivity contribution in [3.8, 4) is 0 Å². The standard InChI is InChI=1S/C12H24N2O3S/c1-11(2)3-9-18(16,17)10-4-12(15)14-7-5-13-6-8-14/h11,13H,3-10H2,1-2H3. The zero-order chi connectivity index (χ0) is 13.6. The Morgan fingerprint density at radius 1 is 1.22 bits per heavy atom. The number of nitrogens with zero attached hydrogens (tertiary/aromatic N) is 1. The van der Waals surface area contributed by atoms with E-state index in [0.29, 0.717) is 25.4 Å². The van der Waals surface area contributed by atoms with Crippen LogP contribution in [0.2, 0.25) is 0 Å². The number of amides is 1. The third kappa shape index (κ3) is 5.82. The molecule has 0 bridgehead atoms. The van der Waals surface area contributed by atoms with Crippen LogP contribution in [0.3, 0.4) is 0 Å². The molecule has 0 aliphatic carbocycles. The second-order valence-corrected chi connectivity index (χ2v) is 7.52. The van der Waals surface area contributed by atoms with E-state index in [9.17, 15) is 13.2 Å². The van der Waals surface area contributed by atoms with E-state index in [-0.39, 0.29) is 23.8 Å². The van der Waals surface area contributed by atoms with Gasteiger partial charge in [0.25, 0.3) is 0 Å². The first-order valence-corrected chi connectivity index (χ1v) is 8.42. The van der Waals surface area contributed by atoms with Crippen LogP contribution in [0.1, 0.15) is 26.7 Å². The molecule has 1 rings (SSSR count). The molecule has 0 atom stereocenters. The summed E-state index contributed by atoms with van der Waals surface area (Å²) in [5.74, 6) is 0.524. The second-order valence-electron chi connectivity index (χ2n) is 5.22. The number of hydrogen-bond acceptors (Lipinski definition) is 4. The SMILES string of the molecule is CC(C)CCS(=O)(=O)CCC(=O)N1CCNCC1. The van der Waals surface area contributed by atoms with Crippen molar-refractivity contribution in [3.05, 3.63) is 0 Å². The fourth-order valence-corrected chi connectivity index (χ4v) is 3.35. The van der Waals surface area contributed by atoms with Crippen molar-refractivity contribution < 1.29 is 13.2 Å². The molecule has 1 saturated heterocycles. The highest BCUT2D eigenvalue weighted by atomic mass is 32.2. The Labute approximate surface area is 110 Å². The zero-order valence-electron chi connectivity index (χ0n) is 11.3. The van der Waals surface area contributed by atoms with Gasteiger partial charge in [-0.15, -0.1) is 0 Å². The Morgan fingerprint density at radius 3 is 2.39 bits per heavy atom. The van der Waals surface area contributed by atoms with E-state index in [1.54, 1.807) is 4.90 Å². The monoisotopic (exact) mass is 276 g/mol. The van der Waals surface area contributed by atoms with Crippen molar-refractivity contribution in [2.75, 3.05) is 37.7 Å². The Bertz CT molecular complexity index is 360. The normalized spacial score (nSPS) is 17.2. The largest absolute Gasteiger partial charge is 0.340 e. The summed E-state index contributed by atoms with van der Waals surface area (Å²) in [5, 5.41) is 3.16. The van der Waals surface area contributed by atoms with Gasteiger partial charge in [0.2, 0.25) is 5.91 Å². The van der Waals surface area contributed by atoms with Crippen LogP contribution >= 0.6 is 0 Å². The number of rotatable bonds is 6. The van der Waals surface area contributed by atoms with Crippen LogP contribution in [0, 0.1) is 5.92 Å².